The molecular formula is C9H16O5. The van der Waals surface area contributed by atoms with Gasteiger partial charge in [-0.15, -0.1) is 0 Å². The molecule has 0 aromatic carbocycles. The Labute approximate surface area is 83.3 Å². The molecule has 0 aliphatic heterocycles. The summed E-state index contributed by atoms with van der Waals surface area (Å²) in [6.07, 6.45) is -0.473. The molecule has 0 aromatic rings. The summed E-state index contributed by atoms with van der Waals surface area (Å²) >= 11 is 0. The fourth-order valence-electron chi connectivity index (χ4n) is 0.810. The van der Waals surface area contributed by atoms with Gasteiger partial charge in [0.25, 0.3) is 0 Å². The number of esters is 1. The Morgan fingerprint density at radius 3 is 2.29 bits per heavy atom. The Kier molecular flexibility index (Phi) is 6.96. The number of hydrogen-bond acceptors (Lipinski definition) is 5. The first-order chi connectivity index (χ1) is 6.60. The largest absolute Gasteiger partial charge is 0.462 e. The Hall–Kier alpha value is -0.940. The molecule has 0 rings (SSSR count). The zero-order chi connectivity index (χ0) is 11.0. The van der Waals surface area contributed by atoms with Crippen LogP contribution in [0.4, 0.5) is 0 Å². The molecule has 14 heavy (non-hydrogen) atoms. The molecule has 5 heteroatoms. The van der Waals surface area contributed by atoms with Crippen molar-refractivity contribution in [3.63, 3.8) is 0 Å². The average Bonchev–Trinajstić information content (AvgIpc) is 2.11. The van der Waals surface area contributed by atoms with Crippen LogP contribution in [0.25, 0.3) is 0 Å². The third-order valence-corrected chi connectivity index (χ3v) is 1.51. The molecule has 0 aromatic heterocycles. The number of hydrogen-bond donors (Lipinski definition) is 0. The maximum atomic E-state index is 10.9. The van der Waals surface area contributed by atoms with E-state index >= 15 is 0 Å². The lowest BCUT2D eigenvalue weighted by molar-refractivity contribution is -0.150. The van der Waals surface area contributed by atoms with Gasteiger partial charge in [-0.2, -0.15) is 0 Å². The maximum Gasteiger partial charge on any atom is 0.313 e. The van der Waals surface area contributed by atoms with Crippen molar-refractivity contribution >= 4 is 11.8 Å². The van der Waals surface area contributed by atoms with Gasteiger partial charge in [0.05, 0.1) is 6.61 Å². The predicted octanol–water partition coefficient (Wildman–Crippen LogP) is 0.170. The van der Waals surface area contributed by atoms with Crippen LogP contribution in [0.5, 0.6) is 0 Å². The highest BCUT2D eigenvalue weighted by Crippen LogP contribution is 1.95. The second-order valence-electron chi connectivity index (χ2n) is 2.87. The lowest BCUT2D eigenvalue weighted by atomic mass is 10.3. The van der Waals surface area contributed by atoms with Crippen molar-refractivity contribution in [2.45, 2.75) is 19.4 Å². The molecule has 82 valence electrons. The van der Waals surface area contributed by atoms with Gasteiger partial charge in [0, 0.05) is 14.2 Å². The molecule has 0 heterocycles. The van der Waals surface area contributed by atoms with Gasteiger partial charge in [-0.05, 0) is 6.92 Å². The molecule has 0 spiro atoms. The molecule has 5 nitrogen and oxygen atoms in total. The van der Waals surface area contributed by atoms with Crippen molar-refractivity contribution in [1.82, 2.24) is 0 Å². The van der Waals surface area contributed by atoms with Crippen LogP contribution in [-0.2, 0) is 23.8 Å². The molecule has 0 saturated heterocycles. The highest BCUT2D eigenvalue weighted by Gasteiger charge is 2.11. The van der Waals surface area contributed by atoms with Gasteiger partial charge >= 0.3 is 5.97 Å². The second kappa shape index (κ2) is 7.46. The van der Waals surface area contributed by atoms with Crippen LogP contribution in [0.3, 0.4) is 0 Å². The smallest absolute Gasteiger partial charge is 0.313 e. The van der Waals surface area contributed by atoms with Gasteiger partial charge in [-0.3, -0.25) is 9.59 Å². The number of methoxy groups -OCH3 is 2. The first kappa shape index (κ1) is 13.1. The Morgan fingerprint density at radius 2 is 1.86 bits per heavy atom. The number of ether oxygens (including phenoxy) is 3. The van der Waals surface area contributed by atoms with Crippen molar-refractivity contribution in [1.29, 1.82) is 0 Å². The monoisotopic (exact) mass is 204 g/mol. The number of Topliss-reactive ketones (excluding diaryl/α,β-unsaturated/α-hetero) is 1. The van der Waals surface area contributed by atoms with E-state index in [1.165, 1.54) is 21.1 Å². The molecule has 1 unspecified atom stereocenters. The molecule has 0 fully saturated rings. The molecule has 0 N–H and O–H groups in total. The summed E-state index contributed by atoms with van der Waals surface area (Å²) in [7, 11) is 3.03. The first-order valence-corrected chi connectivity index (χ1v) is 4.27. The van der Waals surface area contributed by atoms with Gasteiger partial charge in [0.1, 0.15) is 24.9 Å². The maximum absolute atomic E-state index is 10.9. The number of rotatable bonds is 7. The molecular weight excluding hydrogens is 188 g/mol. The van der Waals surface area contributed by atoms with Crippen LogP contribution in [0.1, 0.15) is 13.3 Å². The summed E-state index contributed by atoms with van der Waals surface area (Å²) in [5.74, 6) is -0.744. The SMILES string of the molecule is COCC(COC(=O)CC(C)=O)OC. The Balaban J connectivity index is 3.67. The average molecular weight is 204 g/mol. The molecule has 0 aliphatic rings. The summed E-state index contributed by atoms with van der Waals surface area (Å²) in [6, 6.07) is 0. The Morgan fingerprint density at radius 1 is 1.21 bits per heavy atom. The van der Waals surface area contributed by atoms with Crippen molar-refractivity contribution in [3.05, 3.63) is 0 Å². The van der Waals surface area contributed by atoms with Gasteiger partial charge in [0.15, 0.2) is 0 Å². The fraction of sp³-hybridized carbons (Fsp3) is 0.778. The van der Waals surface area contributed by atoms with Crippen LogP contribution in [-0.4, -0.2) is 45.3 Å². The third-order valence-electron chi connectivity index (χ3n) is 1.51. The summed E-state index contributed by atoms with van der Waals surface area (Å²) < 4.78 is 14.6. The summed E-state index contributed by atoms with van der Waals surface area (Å²) in [5.41, 5.74) is 0. The Bertz CT molecular complexity index is 190. The first-order valence-electron chi connectivity index (χ1n) is 4.27. The summed E-state index contributed by atoms with van der Waals surface area (Å²) in [4.78, 5) is 21.5. The van der Waals surface area contributed by atoms with E-state index in [-0.39, 0.29) is 24.9 Å². The standard InChI is InChI=1S/C9H16O5/c1-7(10)4-9(11)14-6-8(13-3)5-12-2/h8H,4-6H2,1-3H3. The van der Waals surface area contributed by atoms with Gasteiger partial charge in [0.2, 0.25) is 0 Å². The normalized spacial score (nSPS) is 12.2. The van der Waals surface area contributed by atoms with E-state index in [0.717, 1.165) is 0 Å². The quantitative estimate of drug-likeness (QED) is 0.437. The summed E-state index contributed by atoms with van der Waals surface area (Å²) in [5, 5.41) is 0. The van der Waals surface area contributed by atoms with Crippen molar-refractivity contribution in [3.8, 4) is 0 Å². The van der Waals surface area contributed by atoms with E-state index in [1.54, 1.807) is 0 Å². The van der Waals surface area contributed by atoms with Crippen LogP contribution in [0.15, 0.2) is 0 Å². The number of carbonyl (C=O) groups excluding carboxylic acids is 2. The molecule has 1 atom stereocenters. The van der Waals surface area contributed by atoms with Crippen molar-refractivity contribution in [2.75, 3.05) is 27.4 Å². The van der Waals surface area contributed by atoms with Crippen LogP contribution >= 0.6 is 0 Å². The number of ketones is 1. The van der Waals surface area contributed by atoms with E-state index in [1.807, 2.05) is 0 Å². The lowest BCUT2D eigenvalue weighted by Gasteiger charge is -2.13. The van der Waals surface area contributed by atoms with E-state index in [9.17, 15) is 9.59 Å². The third kappa shape index (κ3) is 6.56. The van der Waals surface area contributed by atoms with E-state index in [2.05, 4.69) is 0 Å². The topological polar surface area (TPSA) is 61.8 Å². The van der Waals surface area contributed by atoms with E-state index in [0.29, 0.717) is 6.61 Å². The highest BCUT2D eigenvalue weighted by atomic mass is 16.6. The molecule has 0 aliphatic carbocycles. The van der Waals surface area contributed by atoms with Crippen LogP contribution < -0.4 is 0 Å². The molecule has 0 amide bonds. The lowest BCUT2D eigenvalue weighted by Crippen LogP contribution is -2.25. The predicted molar refractivity (Wildman–Crippen MR) is 48.9 cm³/mol. The highest BCUT2D eigenvalue weighted by molar-refractivity contribution is 5.94. The van der Waals surface area contributed by atoms with Crippen LogP contribution in [0.2, 0.25) is 0 Å². The minimum atomic E-state index is -0.532. The number of carbonyl (C=O) groups is 2. The molecule has 0 saturated carbocycles. The minimum absolute atomic E-state index is 0.108. The van der Waals surface area contributed by atoms with Gasteiger partial charge in [-0.25, -0.2) is 0 Å². The van der Waals surface area contributed by atoms with E-state index in [4.69, 9.17) is 14.2 Å². The van der Waals surface area contributed by atoms with Crippen LogP contribution in [0, 0.1) is 0 Å². The molecule has 0 bridgehead atoms. The molecule has 0 radical (unpaired) electrons. The van der Waals surface area contributed by atoms with Gasteiger partial charge < -0.3 is 14.2 Å². The fourth-order valence-corrected chi connectivity index (χ4v) is 0.810. The van der Waals surface area contributed by atoms with Gasteiger partial charge in [-0.1, -0.05) is 0 Å². The van der Waals surface area contributed by atoms with Crippen molar-refractivity contribution in [2.24, 2.45) is 0 Å². The second-order valence-corrected chi connectivity index (χ2v) is 2.87. The zero-order valence-corrected chi connectivity index (χ0v) is 8.74. The van der Waals surface area contributed by atoms with Crippen molar-refractivity contribution < 1.29 is 23.8 Å². The zero-order valence-electron chi connectivity index (χ0n) is 8.74. The summed E-state index contributed by atoms with van der Waals surface area (Å²) in [6.45, 7) is 1.80. The van der Waals surface area contributed by atoms with E-state index < -0.39 is 5.97 Å². The minimum Gasteiger partial charge on any atom is -0.462 e.